The molecule has 1 amide bonds. The van der Waals surface area contributed by atoms with Gasteiger partial charge < -0.3 is 4.90 Å². The first-order valence-electron chi connectivity index (χ1n) is 8.19. The second-order valence-corrected chi connectivity index (χ2v) is 9.35. The van der Waals surface area contributed by atoms with Gasteiger partial charge in [-0.2, -0.15) is 0 Å². The quantitative estimate of drug-likeness (QED) is 0.846. The van der Waals surface area contributed by atoms with Gasteiger partial charge in [0, 0.05) is 17.6 Å². The van der Waals surface area contributed by atoms with E-state index < -0.39 is 10.0 Å². The van der Waals surface area contributed by atoms with Crippen LogP contribution in [-0.2, 0) is 27.7 Å². The number of hydrogen-bond donors (Lipinski definition) is 1. The van der Waals surface area contributed by atoms with Gasteiger partial charge >= 0.3 is 0 Å². The van der Waals surface area contributed by atoms with Crippen LogP contribution >= 0.6 is 11.3 Å². The molecular formula is C16H18N4O3S2. The van der Waals surface area contributed by atoms with Gasteiger partial charge in [0.05, 0.1) is 17.0 Å². The standard InChI is InChI=1S/C16H18N4O3S2/c1-10-4-5-12-13(9-10)24-16(17-12)18-15(21)11-3-2-6-20-7-8-25(22,23)19-14(11)20/h2-3,6,10H,4-5,7-9H2,1H3,(H,17,18,21). The number of aryl methyl sites for hydroxylation is 1. The number of aromatic nitrogens is 1. The average Bonchev–Trinajstić information content (AvgIpc) is 2.94. The van der Waals surface area contributed by atoms with Crippen LogP contribution in [-0.4, -0.2) is 42.3 Å². The van der Waals surface area contributed by atoms with E-state index >= 15 is 0 Å². The van der Waals surface area contributed by atoms with Gasteiger partial charge in [0.1, 0.15) is 0 Å². The van der Waals surface area contributed by atoms with Gasteiger partial charge in [-0.25, -0.2) is 13.4 Å². The van der Waals surface area contributed by atoms with Crippen LogP contribution in [0.25, 0.3) is 0 Å². The molecule has 1 aromatic rings. The zero-order valence-corrected chi connectivity index (χ0v) is 15.4. The molecule has 0 spiro atoms. The first-order valence-corrected chi connectivity index (χ1v) is 10.6. The van der Waals surface area contributed by atoms with Gasteiger partial charge in [-0.15, -0.1) is 15.7 Å². The number of allylic oxidation sites excluding steroid dienone is 2. The lowest BCUT2D eigenvalue weighted by molar-refractivity contribution is -0.112. The van der Waals surface area contributed by atoms with E-state index in [1.54, 1.807) is 23.3 Å². The molecule has 0 saturated carbocycles. The van der Waals surface area contributed by atoms with Crippen molar-refractivity contribution in [3.05, 3.63) is 34.5 Å². The Balaban J connectivity index is 1.58. The minimum atomic E-state index is -3.52. The Morgan fingerprint density at radius 2 is 2.28 bits per heavy atom. The van der Waals surface area contributed by atoms with Crippen molar-refractivity contribution in [1.29, 1.82) is 0 Å². The van der Waals surface area contributed by atoms with Crippen LogP contribution in [0, 0.1) is 5.92 Å². The van der Waals surface area contributed by atoms with E-state index in [1.807, 2.05) is 0 Å². The van der Waals surface area contributed by atoms with Gasteiger partial charge in [0.25, 0.3) is 15.9 Å². The van der Waals surface area contributed by atoms with Gasteiger partial charge in [0.15, 0.2) is 11.0 Å². The smallest absolute Gasteiger partial charge is 0.261 e. The number of rotatable bonds is 2. The van der Waals surface area contributed by atoms with Crippen LogP contribution in [0.1, 0.15) is 23.9 Å². The van der Waals surface area contributed by atoms with E-state index in [0.29, 0.717) is 17.6 Å². The number of carbonyl (C=O) groups excluding carboxylic acids is 1. The Kier molecular flexibility index (Phi) is 3.99. The minimum absolute atomic E-state index is 0.0485. The summed E-state index contributed by atoms with van der Waals surface area (Å²) in [5, 5.41) is 3.37. The number of hydrogen-bond acceptors (Lipinski definition) is 6. The third-order valence-corrected chi connectivity index (χ3v) is 6.69. The molecule has 1 N–H and O–H groups in total. The average molecular weight is 378 g/mol. The number of sulfonamides is 1. The summed E-state index contributed by atoms with van der Waals surface area (Å²) >= 11 is 1.50. The summed E-state index contributed by atoms with van der Waals surface area (Å²) in [4.78, 5) is 20.1. The lowest BCUT2D eigenvalue weighted by Crippen LogP contribution is -2.40. The highest BCUT2D eigenvalue weighted by Gasteiger charge is 2.30. The van der Waals surface area contributed by atoms with E-state index in [1.165, 1.54) is 16.2 Å². The molecule has 1 atom stereocenters. The first-order chi connectivity index (χ1) is 11.9. The topological polar surface area (TPSA) is 91.7 Å². The summed E-state index contributed by atoms with van der Waals surface area (Å²) in [6.07, 6.45) is 8.08. The molecule has 3 aliphatic rings. The van der Waals surface area contributed by atoms with E-state index in [2.05, 4.69) is 21.6 Å². The fraction of sp³-hybridized carbons (Fsp3) is 0.438. The zero-order valence-electron chi connectivity index (χ0n) is 13.7. The molecule has 7 nitrogen and oxygen atoms in total. The zero-order chi connectivity index (χ0) is 17.6. The molecule has 9 heteroatoms. The molecule has 25 heavy (non-hydrogen) atoms. The van der Waals surface area contributed by atoms with Gasteiger partial charge in [-0.05, 0) is 37.3 Å². The molecule has 4 rings (SSSR count). The summed E-state index contributed by atoms with van der Waals surface area (Å²) in [5.74, 6) is 0.385. The maximum Gasteiger partial charge on any atom is 0.261 e. The Bertz CT molecular complexity index is 927. The SMILES string of the molecule is CC1CCc2nc(NC(=O)C3=CC=CN4CCS(=O)(=O)N=C34)sc2C1. The van der Waals surface area contributed by atoms with Crippen LogP contribution < -0.4 is 5.32 Å². The van der Waals surface area contributed by atoms with Crippen LogP contribution in [0.3, 0.4) is 0 Å². The second kappa shape index (κ2) is 6.06. The predicted molar refractivity (Wildman–Crippen MR) is 97.1 cm³/mol. The minimum Gasteiger partial charge on any atom is -0.331 e. The highest BCUT2D eigenvalue weighted by molar-refractivity contribution is 7.90. The van der Waals surface area contributed by atoms with Crippen molar-refractivity contribution in [2.45, 2.75) is 26.2 Å². The fourth-order valence-electron chi connectivity index (χ4n) is 3.15. The number of amidine groups is 1. The Morgan fingerprint density at radius 3 is 3.12 bits per heavy atom. The van der Waals surface area contributed by atoms with E-state index in [9.17, 15) is 13.2 Å². The van der Waals surface area contributed by atoms with Crippen LogP contribution in [0.4, 0.5) is 5.13 Å². The van der Waals surface area contributed by atoms with Gasteiger partial charge in [-0.3, -0.25) is 10.1 Å². The Hall–Kier alpha value is -2.00. The lowest BCUT2D eigenvalue weighted by Gasteiger charge is -2.28. The first kappa shape index (κ1) is 16.5. The predicted octanol–water partition coefficient (Wildman–Crippen LogP) is 1.70. The summed E-state index contributed by atoms with van der Waals surface area (Å²) in [7, 11) is -3.52. The largest absolute Gasteiger partial charge is 0.331 e. The van der Waals surface area contributed by atoms with Crippen molar-refractivity contribution in [2.24, 2.45) is 10.3 Å². The monoisotopic (exact) mass is 378 g/mol. The molecule has 0 saturated heterocycles. The van der Waals surface area contributed by atoms with Gasteiger partial charge in [-0.1, -0.05) is 6.92 Å². The maximum atomic E-state index is 12.7. The Labute approximate surface area is 150 Å². The van der Waals surface area contributed by atoms with E-state index in [4.69, 9.17) is 0 Å². The Morgan fingerprint density at radius 1 is 1.44 bits per heavy atom. The molecule has 132 valence electrons. The highest BCUT2D eigenvalue weighted by atomic mass is 32.2. The molecule has 2 aliphatic heterocycles. The molecule has 3 heterocycles. The third-order valence-electron chi connectivity index (χ3n) is 4.51. The fourth-order valence-corrected chi connectivity index (χ4v) is 5.30. The van der Waals surface area contributed by atoms with E-state index in [0.717, 1.165) is 25.0 Å². The molecular weight excluding hydrogens is 360 g/mol. The number of amides is 1. The summed E-state index contributed by atoms with van der Waals surface area (Å²) in [6, 6.07) is 0. The molecule has 1 unspecified atom stereocenters. The number of nitrogens with one attached hydrogen (secondary N) is 1. The van der Waals surface area contributed by atoms with Crippen molar-refractivity contribution in [3.8, 4) is 0 Å². The number of nitrogens with zero attached hydrogens (tertiary/aromatic N) is 3. The number of carbonyl (C=O) groups is 1. The van der Waals surface area contributed by atoms with Crippen molar-refractivity contribution in [3.63, 3.8) is 0 Å². The van der Waals surface area contributed by atoms with Crippen molar-refractivity contribution in [1.82, 2.24) is 9.88 Å². The van der Waals surface area contributed by atoms with Crippen molar-refractivity contribution in [2.75, 3.05) is 17.6 Å². The lowest BCUT2D eigenvalue weighted by atomic mass is 9.93. The van der Waals surface area contributed by atoms with Crippen LogP contribution in [0.2, 0.25) is 0 Å². The van der Waals surface area contributed by atoms with E-state index in [-0.39, 0.29) is 23.1 Å². The van der Waals surface area contributed by atoms with Crippen LogP contribution in [0.15, 0.2) is 28.3 Å². The summed E-state index contributed by atoms with van der Waals surface area (Å²) in [6.45, 7) is 2.52. The number of fused-ring (bicyclic) bond motifs is 2. The summed E-state index contributed by atoms with van der Waals surface area (Å²) in [5.41, 5.74) is 1.31. The number of anilines is 1. The molecule has 1 aromatic heterocycles. The normalized spacial score (nSPS) is 24.0. The molecule has 0 radical (unpaired) electrons. The van der Waals surface area contributed by atoms with Crippen LogP contribution in [0.5, 0.6) is 0 Å². The maximum absolute atomic E-state index is 12.7. The second-order valence-electron chi connectivity index (χ2n) is 6.51. The van der Waals surface area contributed by atoms with Gasteiger partial charge in [0.2, 0.25) is 0 Å². The molecule has 1 aliphatic carbocycles. The van der Waals surface area contributed by atoms with Crippen molar-refractivity contribution < 1.29 is 13.2 Å². The molecule has 0 bridgehead atoms. The number of thiazole rings is 1. The molecule has 0 aromatic carbocycles. The molecule has 0 fully saturated rings. The summed E-state index contributed by atoms with van der Waals surface area (Å²) < 4.78 is 27.3. The highest BCUT2D eigenvalue weighted by Crippen LogP contribution is 2.32. The third kappa shape index (κ3) is 3.25. The van der Waals surface area contributed by atoms with Crippen molar-refractivity contribution >= 4 is 38.2 Å².